The highest BCUT2D eigenvalue weighted by molar-refractivity contribution is 5.43. The van der Waals surface area contributed by atoms with Crippen LogP contribution in [-0.4, -0.2) is 7.11 Å². The molecule has 0 saturated heterocycles. The van der Waals surface area contributed by atoms with Crippen LogP contribution in [0.3, 0.4) is 0 Å². The highest BCUT2D eigenvalue weighted by Crippen LogP contribution is 2.33. The van der Waals surface area contributed by atoms with Gasteiger partial charge < -0.3 is 4.74 Å². The number of methoxy groups -OCH3 is 1. The van der Waals surface area contributed by atoms with Crippen LogP contribution in [0.15, 0.2) is 54.6 Å². The summed E-state index contributed by atoms with van der Waals surface area (Å²) in [5.41, 5.74) is -0.576. The summed E-state index contributed by atoms with van der Waals surface area (Å²) in [6, 6.07) is 17.2. The molecule has 0 fully saturated rings. The molecule has 18 heavy (non-hydrogen) atoms. The smallest absolute Gasteiger partial charge is 0.207 e. The van der Waals surface area contributed by atoms with Crippen molar-refractivity contribution in [2.75, 3.05) is 7.11 Å². The van der Waals surface area contributed by atoms with Crippen molar-refractivity contribution in [3.63, 3.8) is 0 Å². The zero-order valence-electron chi connectivity index (χ0n) is 9.93. The zero-order chi connectivity index (χ0) is 13.0. The van der Waals surface area contributed by atoms with Gasteiger partial charge in [0.1, 0.15) is 11.9 Å². The van der Waals surface area contributed by atoms with E-state index in [9.17, 15) is 9.65 Å². The van der Waals surface area contributed by atoms with Crippen LogP contribution in [-0.2, 0) is 10.3 Å². The van der Waals surface area contributed by atoms with E-state index in [1.165, 1.54) is 13.2 Å². The standard InChI is InChI=1S/C15H12FNO/c1-18-15(11-17,12-7-3-2-4-8-12)13-9-5-6-10-14(13)16/h2-10H,1H3. The number of nitriles is 1. The molecule has 0 aromatic heterocycles. The van der Waals surface area contributed by atoms with Gasteiger partial charge in [-0.1, -0.05) is 48.5 Å². The van der Waals surface area contributed by atoms with Crippen molar-refractivity contribution < 1.29 is 9.13 Å². The van der Waals surface area contributed by atoms with Gasteiger partial charge in [0.15, 0.2) is 0 Å². The molecular weight excluding hydrogens is 229 g/mol. The maximum Gasteiger partial charge on any atom is 0.207 e. The van der Waals surface area contributed by atoms with Crippen molar-refractivity contribution in [2.45, 2.75) is 5.60 Å². The summed E-state index contributed by atoms with van der Waals surface area (Å²) in [7, 11) is 1.41. The number of hydrogen-bond donors (Lipinski definition) is 0. The molecule has 0 aliphatic carbocycles. The lowest BCUT2D eigenvalue weighted by Gasteiger charge is -2.26. The van der Waals surface area contributed by atoms with Gasteiger partial charge in [0.05, 0.1) is 0 Å². The van der Waals surface area contributed by atoms with Crippen molar-refractivity contribution >= 4 is 0 Å². The first-order valence-electron chi connectivity index (χ1n) is 5.51. The molecule has 0 aliphatic rings. The van der Waals surface area contributed by atoms with Crippen LogP contribution >= 0.6 is 0 Å². The van der Waals surface area contributed by atoms with Gasteiger partial charge in [0.25, 0.3) is 0 Å². The van der Waals surface area contributed by atoms with Gasteiger partial charge in [-0.15, -0.1) is 0 Å². The minimum Gasteiger partial charge on any atom is -0.355 e. The van der Waals surface area contributed by atoms with Crippen LogP contribution in [0.5, 0.6) is 0 Å². The summed E-state index contributed by atoms with van der Waals surface area (Å²) < 4.78 is 19.3. The number of hydrogen-bond acceptors (Lipinski definition) is 2. The number of benzene rings is 2. The van der Waals surface area contributed by atoms with Crippen LogP contribution in [0.1, 0.15) is 11.1 Å². The van der Waals surface area contributed by atoms with E-state index in [-0.39, 0.29) is 5.56 Å². The highest BCUT2D eigenvalue weighted by Gasteiger charge is 2.36. The quantitative estimate of drug-likeness (QED) is 0.826. The predicted octanol–water partition coefficient (Wildman–Crippen LogP) is 3.24. The molecule has 2 rings (SSSR count). The fraction of sp³-hybridized carbons (Fsp3) is 0.133. The Morgan fingerprint density at radius 1 is 1.06 bits per heavy atom. The maximum atomic E-state index is 13.9. The molecule has 3 heteroatoms. The zero-order valence-corrected chi connectivity index (χ0v) is 9.93. The molecule has 0 heterocycles. The Labute approximate surface area is 105 Å². The molecule has 1 atom stereocenters. The molecule has 0 spiro atoms. The average Bonchev–Trinajstić information content (AvgIpc) is 2.44. The third-order valence-corrected chi connectivity index (χ3v) is 2.90. The molecule has 0 radical (unpaired) electrons. The fourth-order valence-corrected chi connectivity index (χ4v) is 1.97. The van der Waals surface area contributed by atoms with Gasteiger partial charge in [-0.25, -0.2) is 4.39 Å². The molecule has 0 N–H and O–H groups in total. The summed E-state index contributed by atoms with van der Waals surface area (Å²) in [6.07, 6.45) is 0. The first kappa shape index (κ1) is 12.3. The number of rotatable bonds is 3. The summed E-state index contributed by atoms with van der Waals surface area (Å²) >= 11 is 0. The largest absolute Gasteiger partial charge is 0.355 e. The van der Waals surface area contributed by atoms with E-state index in [0.717, 1.165) is 0 Å². The number of ether oxygens (including phenoxy) is 1. The van der Waals surface area contributed by atoms with Crippen LogP contribution in [0, 0.1) is 17.1 Å². The summed E-state index contributed by atoms with van der Waals surface area (Å²) in [5, 5.41) is 9.47. The van der Waals surface area contributed by atoms with E-state index in [1.54, 1.807) is 42.5 Å². The number of nitrogens with zero attached hydrogens (tertiary/aromatic N) is 1. The molecule has 2 aromatic carbocycles. The Morgan fingerprint density at radius 2 is 1.67 bits per heavy atom. The van der Waals surface area contributed by atoms with E-state index < -0.39 is 11.4 Å². The molecule has 1 unspecified atom stereocenters. The second-order valence-electron chi connectivity index (χ2n) is 3.84. The van der Waals surface area contributed by atoms with Crippen molar-refractivity contribution in [3.8, 4) is 6.07 Å². The van der Waals surface area contributed by atoms with E-state index in [2.05, 4.69) is 6.07 Å². The summed E-state index contributed by atoms with van der Waals surface area (Å²) in [6.45, 7) is 0. The third-order valence-electron chi connectivity index (χ3n) is 2.90. The summed E-state index contributed by atoms with van der Waals surface area (Å²) in [4.78, 5) is 0. The van der Waals surface area contributed by atoms with E-state index >= 15 is 0 Å². The second kappa shape index (κ2) is 4.99. The number of halogens is 1. The lowest BCUT2D eigenvalue weighted by molar-refractivity contribution is 0.0691. The minimum atomic E-state index is -1.41. The Kier molecular flexibility index (Phi) is 3.40. The van der Waals surface area contributed by atoms with Crippen LogP contribution in [0.4, 0.5) is 4.39 Å². The van der Waals surface area contributed by atoms with E-state index in [1.807, 2.05) is 6.07 Å². The maximum absolute atomic E-state index is 13.9. The minimum absolute atomic E-state index is 0.223. The van der Waals surface area contributed by atoms with Crippen LogP contribution in [0.2, 0.25) is 0 Å². The first-order chi connectivity index (χ1) is 8.74. The molecule has 90 valence electrons. The Morgan fingerprint density at radius 3 is 2.22 bits per heavy atom. The highest BCUT2D eigenvalue weighted by atomic mass is 19.1. The monoisotopic (exact) mass is 241 g/mol. The Bertz CT molecular complexity index is 577. The van der Waals surface area contributed by atoms with Crippen LogP contribution < -0.4 is 0 Å². The van der Waals surface area contributed by atoms with Crippen molar-refractivity contribution in [1.29, 1.82) is 5.26 Å². The van der Waals surface area contributed by atoms with Gasteiger partial charge in [-0.2, -0.15) is 5.26 Å². The Balaban J connectivity index is 2.67. The molecule has 0 bridgehead atoms. The summed E-state index contributed by atoms with van der Waals surface area (Å²) in [5.74, 6) is -0.454. The van der Waals surface area contributed by atoms with Gasteiger partial charge in [0, 0.05) is 18.2 Å². The lowest BCUT2D eigenvalue weighted by atomic mass is 9.87. The van der Waals surface area contributed by atoms with E-state index in [4.69, 9.17) is 4.74 Å². The molecule has 0 saturated carbocycles. The second-order valence-corrected chi connectivity index (χ2v) is 3.84. The normalized spacial score (nSPS) is 13.6. The van der Waals surface area contributed by atoms with Gasteiger partial charge in [0.2, 0.25) is 5.60 Å². The lowest BCUT2D eigenvalue weighted by Crippen LogP contribution is -2.29. The molecular formula is C15H12FNO. The van der Waals surface area contributed by atoms with Gasteiger partial charge in [-0.3, -0.25) is 0 Å². The van der Waals surface area contributed by atoms with Crippen molar-refractivity contribution in [2.24, 2.45) is 0 Å². The molecule has 2 nitrogen and oxygen atoms in total. The third kappa shape index (κ3) is 1.87. The van der Waals surface area contributed by atoms with Gasteiger partial charge in [-0.05, 0) is 6.07 Å². The van der Waals surface area contributed by atoms with Crippen molar-refractivity contribution in [3.05, 3.63) is 71.5 Å². The first-order valence-corrected chi connectivity index (χ1v) is 5.51. The Hall–Kier alpha value is -2.18. The van der Waals surface area contributed by atoms with Crippen molar-refractivity contribution in [1.82, 2.24) is 0 Å². The van der Waals surface area contributed by atoms with Crippen LogP contribution in [0.25, 0.3) is 0 Å². The van der Waals surface area contributed by atoms with Gasteiger partial charge >= 0.3 is 0 Å². The molecule has 2 aromatic rings. The average molecular weight is 241 g/mol. The molecule has 0 amide bonds. The molecule has 0 aliphatic heterocycles. The predicted molar refractivity (Wildman–Crippen MR) is 66.2 cm³/mol. The topological polar surface area (TPSA) is 33.0 Å². The fourth-order valence-electron chi connectivity index (χ4n) is 1.97. The SMILES string of the molecule is COC(C#N)(c1ccccc1)c1ccccc1F. The van der Waals surface area contributed by atoms with E-state index in [0.29, 0.717) is 5.56 Å².